The zero-order chi connectivity index (χ0) is 12.1. The second-order valence-electron chi connectivity index (χ2n) is 5.34. The van der Waals surface area contributed by atoms with Gasteiger partial charge in [0.25, 0.3) is 0 Å². The Morgan fingerprint density at radius 1 is 1.06 bits per heavy atom. The highest BCUT2D eigenvalue weighted by atomic mass is 16.2. The first-order valence-corrected chi connectivity index (χ1v) is 6.98. The molecule has 2 rings (SSSR count). The van der Waals surface area contributed by atoms with Crippen molar-refractivity contribution in [1.29, 1.82) is 0 Å². The Morgan fingerprint density at radius 3 is 2.53 bits per heavy atom. The lowest BCUT2D eigenvalue weighted by Gasteiger charge is -2.35. The predicted octanol–water partition coefficient (Wildman–Crippen LogP) is 0.683. The molecule has 0 aromatic heterocycles. The van der Waals surface area contributed by atoms with Gasteiger partial charge >= 0.3 is 0 Å². The van der Waals surface area contributed by atoms with Gasteiger partial charge in [0.15, 0.2) is 0 Å². The average molecular weight is 239 g/mol. The molecule has 2 aliphatic heterocycles. The number of carbonyl (C=O) groups is 1. The molecule has 4 nitrogen and oxygen atoms in total. The molecule has 1 unspecified atom stereocenters. The standard InChI is InChI=1S/C13H25N3O/c1-15-8-10-16(11-9-15)13(17)12-6-4-2-3-5-7-14-12/h12,14H,2-11H2,1H3. The van der Waals surface area contributed by atoms with Crippen molar-refractivity contribution in [1.82, 2.24) is 15.1 Å². The molecule has 0 spiro atoms. The van der Waals surface area contributed by atoms with E-state index in [2.05, 4.69) is 17.3 Å². The van der Waals surface area contributed by atoms with E-state index in [0.29, 0.717) is 5.91 Å². The summed E-state index contributed by atoms with van der Waals surface area (Å²) in [5.41, 5.74) is 0. The number of amides is 1. The van der Waals surface area contributed by atoms with Crippen molar-refractivity contribution in [3.63, 3.8) is 0 Å². The first-order chi connectivity index (χ1) is 8.27. The molecule has 98 valence electrons. The van der Waals surface area contributed by atoms with Crippen molar-refractivity contribution in [2.24, 2.45) is 0 Å². The van der Waals surface area contributed by atoms with Crippen LogP contribution < -0.4 is 5.32 Å². The summed E-state index contributed by atoms with van der Waals surface area (Å²) in [5.74, 6) is 0.333. The summed E-state index contributed by atoms with van der Waals surface area (Å²) in [6, 6.07) is 0.0821. The molecule has 1 amide bonds. The van der Waals surface area contributed by atoms with Crippen LogP contribution in [0.1, 0.15) is 32.1 Å². The van der Waals surface area contributed by atoms with Gasteiger partial charge in [-0.2, -0.15) is 0 Å². The molecule has 2 fully saturated rings. The van der Waals surface area contributed by atoms with Gasteiger partial charge in [0.05, 0.1) is 6.04 Å². The fourth-order valence-electron chi connectivity index (χ4n) is 2.66. The van der Waals surface area contributed by atoms with Gasteiger partial charge in [0.1, 0.15) is 0 Å². The van der Waals surface area contributed by atoms with Crippen molar-refractivity contribution < 1.29 is 4.79 Å². The minimum absolute atomic E-state index is 0.0821. The molecule has 0 bridgehead atoms. The van der Waals surface area contributed by atoms with Crippen LogP contribution in [0.3, 0.4) is 0 Å². The lowest BCUT2D eigenvalue weighted by molar-refractivity contribution is -0.135. The minimum atomic E-state index is 0.0821. The third-order valence-corrected chi connectivity index (χ3v) is 3.92. The number of piperazine rings is 1. The van der Waals surface area contributed by atoms with Crippen molar-refractivity contribution in [2.45, 2.75) is 38.1 Å². The maximum atomic E-state index is 12.4. The topological polar surface area (TPSA) is 35.6 Å². The highest BCUT2D eigenvalue weighted by molar-refractivity contribution is 5.82. The first kappa shape index (κ1) is 12.8. The van der Waals surface area contributed by atoms with Crippen LogP contribution in [0.15, 0.2) is 0 Å². The Balaban J connectivity index is 1.84. The molecule has 0 radical (unpaired) electrons. The van der Waals surface area contributed by atoms with Crippen LogP contribution in [-0.2, 0) is 4.79 Å². The van der Waals surface area contributed by atoms with Crippen molar-refractivity contribution in [3.8, 4) is 0 Å². The smallest absolute Gasteiger partial charge is 0.239 e. The normalized spacial score (nSPS) is 28.5. The fourth-order valence-corrected chi connectivity index (χ4v) is 2.66. The molecule has 0 aromatic rings. The lowest BCUT2D eigenvalue weighted by Crippen LogP contribution is -2.53. The van der Waals surface area contributed by atoms with E-state index < -0.39 is 0 Å². The third-order valence-electron chi connectivity index (χ3n) is 3.92. The van der Waals surface area contributed by atoms with Gasteiger partial charge in [0, 0.05) is 26.2 Å². The Labute approximate surface area is 104 Å². The van der Waals surface area contributed by atoms with Crippen LogP contribution in [0, 0.1) is 0 Å². The van der Waals surface area contributed by atoms with Crippen molar-refractivity contribution in [3.05, 3.63) is 0 Å². The maximum absolute atomic E-state index is 12.4. The fraction of sp³-hybridized carbons (Fsp3) is 0.923. The zero-order valence-electron chi connectivity index (χ0n) is 11.0. The minimum Gasteiger partial charge on any atom is -0.339 e. The largest absolute Gasteiger partial charge is 0.339 e. The number of nitrogens with zero attached hydrogens (tertiary/aromatic N) is 2. The van der Waals surface area contributed by atoms with Gasteiger partial charge < -0.3 is 15.1 Å². The van der Waals surface area contributed by atoms with Crippen molar-refractivity contribution in [2.75, 3.05) is 39.8 Å². The van der Waals surface area contributed by atoms with E-state index in [0.717, 1.165) is 39.1 Å². The van der Waals surface area contributed by atoms with Gasteiger partial charge in [-0.25, -0.2) is 0 Å². The van der Waals surface area contributed by atoms with E-state index in [9.17, 15) is 4.79 Å². The van der Waals surface area contributed by atoms with Crippen LogP contribution in [0.2, 0.25) is 0 Å². The SMILES string of the molecule is CN1CCN(C(=O)C2CCCCCCN2)CC1. The van der Waals surface area contributed by atoms with Crippen LogP contribution in [0.5, 0.6) is 0 Å². The zero-order valence-corrected chi connectivity index (χ0v) is 11.0. The molecule has 2 heterocycles. The Kier molecular flexibility index (Phi) is 4.80. The first-order valence-electron chi connectivity index (χ1n) is 6.98. The van der Waals surface area contributed by atoms with Crippen LogP contribution in [-0.4, -0.2) is 61.5 Å². The number of carbonyl (C=O) groups excluding carboxylic acids is 1. The molecule has 1 atom stereocenters. The van der Waals surface area contributed by atoms with E-state index in [-0.39, 0.29) is 6.04 Å². The molecule has 17 heavy (non-hydrogen) atoms. The van der Waals surface area contributed by atoms with Gasteiger partial charge in [0.2, 0.25) is 5.91 Å². The molecule has 0 aromatic carbocycles. The van der Waals surface area contributed by atoms with Crippen LogP contribution in [0.25, 0.3) is 0 Å². The van der Waals surface area contributed by atoms with E-state index in [1.165, 1.54) is 25.7 Å². The molecular formula is C13H25N3O. The summed E-state index contributed by atoms with van der Waals surface area (Å²) in [7, 11) is 2.12. The molecule has 2 aliphatic rings. The number of nitrogens with one attached hydrogen (secondary N) is 1. The summed E-state index contributed by atoms with van der Waals surface area (Å²) < 4.78 is 0. The monoisotopic (exact) mass is 239 g/mol. The summed E-state index contributed by atoms with van der Waals surface area (Å²) in [6.07, 6.45) is 6.02. The quantitative estimate of drug-likeness (QED) is 0.731. The highest BCUT2D eigenvalue weighted by Crippen LogP contribution is 2.12. The van der Waals surface area contributed by atoms with Gasteiger partial charge in [-0.1, -0.05) is 19.3 Å². The molecule has 1 N–H and O–H groups in total. The Morgan fingerprint density at radius 2 is 1.76 bits per heavy atom. The maximum Gasteiger partial charge on any atom is 0.239 e. The number of rotatable bonds is 1. The number of hydrogen-bond donors (Lipinski definition) is 1. The molecular weight excluding hydrogens is 214 g/mol. The summed E-state index contributed by atoms with van der Waals surface area (Å²) in [6.45, 7) is 4.82. The van der Waals surface area contributed by atoms with Crippen molar-refractivity contribution >= 4 is 5.91 Å². The second kappa shape index (κ2) is 6.36. The van der Waals surface area contributed by atoms with Crippen LogP contribution >= 0.6 is 0 Å². The third kappa shape index (κ3) is 3.68. The highest BCUT2D eigenvalue weighted by Gasteiger charge is 2.26. The molecule has 4 heteroatoms. The second-order valence-corrected chi connectivity index (χ2v) is 5.34. The molecule has 0 aliphatic carbocycles. The summed E-state index contributed by atoms with van der Waals surface area (Å²) >= 11 is 0. The van der Waals surface area contributed by atoms with E-state index in [1.807, 2.05) is 4.90 Å². The van der Waals surface area contributed by atoms with E-state index in [1.54, 1.807) is 0 Å². The lowest BCUT2D eigenvalue weighted by atomic mass is 10.0. The molecule has 0 saturated carbocycles. The average Bonchev–Trinajstić information content (AvgIpc) is 2.29. The summed E-state index contributed by atoms with van der Waals surface area (Å²) in [5, 5.41) is 3.43. The number of hydrogen-bond acceptors (Lipinski definition) is 3. The van der Waals surface area contributed by atoms with Gasteiger partial charge in [-0.05, 0) is 26.4 Å². The molecule has 2 saturated heterocycles. The predicted molar refractivity (Wildman–Crippen MR) is 69.0 cm³/mol. The van der Waals surface area contributed by atoms with E-state index in [4.69, 9.17) is 0 Å². The van der Waals surface area contributed by atoms with Gasteiger partial charge in [-0.3, -0.25) is 4.79 Å². The summed E-state index contributed by atoms with van der Waals surface area (Å²) in [4.78, 5) is 16.7. The van der Waals surface area contributed by atoms with Crippen LogP contribution in [0.4, 0.5) is 0 Å². The van der Waals surface area contributed by atoms with Gasteiger partial charge in [-0.15, -0.1) is 0 Å². The van der Waals surface area contributed by atoms with E-state index >= 15 is 0 Å². The Bertz CT molecular complexity index is 241. The Hall–Kier alpha value is -0.610. The number of likely N-dealkylation sites (N-methyl/N-ethyl adjacent to an activating group) is 1.